The van der Waals surface area contributed by atoms with Gasteiger partial charge in [-0.1, -0.05) is 19.1 Å². The highest BCUT2D eigenvalue weighted by atomic mass is 32.2. The van der Waals surface area contributed by atoms with Gasteiger partial charge < -0.3 is 4.90 Å². The second-order valence-corrected chi connectivity index (χ2v) is 5.54. The lowest BCUT2D eigenvalue weighted by atomic mass is 10.1. The Morgan fingerprint density at radius 1 is 1.53 bits per heavy atom. The molecule has 1 amide bonds. The summed E-state index contributed by atoms with van der Waals surface area (Å²) >= 11 is 1.90. The molecule has 0 aliphatic carbocycles. The average molecular weight is 253 g/mol. The van der Waals surface area contributed by atoms with Gasteiger partial charge in [0.05, 0.1) is 5.56 Å². The molecule has 1 atom stereocenters. The van der Waals surface area contributed by atoms with Gasteiger partial charge in [-0.05, 0) is 18.6 Å². The molecule has 2 rings (SSSR count). The normalized spacial score (nSPS) is 20.4. The van der Waals surface area contributed by atoms with E-state index < -0.39 is 5.82 Å². The highest BCUT2D eigenvalue weighted by Gasteiger charge is 2.25. The monoisotopic (exact) mass is 253 g/mol. The summed E-state index contributed by atoms with van der Waals surface area (Å²) in [7, 11) is 0. The summed E-state index contributed by atoms with van der Waals surface area (Å²) in [6.07, 6.45) is 1.05. The maximum atomic E-state index is 13.5. The third-order valence-electron chi connectivity index (χ3n) is 2.99. The molecule has 1 saturated heterocycles. The Morgan fingerprint density at radius 3 is 3.00 bits per heavy atom. The van der Waals surface area contributed by atoms with Crippen LogP contribution >= 0.6 is 11.8 Å². The zero-order valence-corrected chi connectivity index (χ0v) is 10.7. The van der Waals surface area contributed by atoms with Gasteiger partial charge in [0.2, 0.25) is 0 Å². The van der Waals surface area contributed by atoms with Crippen LogP contribution in [0.15, 0.2) is 24.3 Å². The summed E-state index contributed by atoms with van der Waals surface area (Å²) < 4.78 is 13.5. The van der Waals surface area contributed by atoms with E-state index in [1.165, 1.54) is 6.07 Å². The molecule has 1 heterocycles. The van der Waals surface area contributed by atoms with E-state index in [0.29, 0.717) is 11.8 Å². The minimum Gasteiger partial charge on any atom is -0.337 e. The van der Waals surface area contributed by atoms with Crippen molar-refractivity contribution in [3.8, 4) is 0 Å². The first kappa shape index (κ1) is 12.4. The summed E-state index contributed by atoms with van der Waals surface area (Å²) in [5.74, 6) is 0.337. The van der Waals surface area contributed by atoms with E-state index in [-0.39, 0.29) is 11.5 Å². The van der Waals surface area contributed by atoms with Gasteiger partial charge >= 0.3 is 0 Å². The van der Waals surface area contributed by atoms with Crippen molar-refractivity contribution in [1.82, 2.24) is 4.90 Å². The smallest absolute Gasteiger partial charge is 0.256 e. The Balaban J connectivity index is 2.12. The number of hydrogen-bond donors (Lipinski definition) is 0. The molecule has 1 aliphatic heterocycles. The fraction of sp³-hybridized carbons (Fsp3) is 0.462. The lowest BCUT2D eigenvalue weighted by Crippen LogP contribution is -2.42. The summed E-state index contributed by atoms with van der Waals surface area (Å²) in [5, 5.41) is 0.486. The van der Waals surface area contributed by atoms with Gasteiger partial charge in [-0.2, -0.15) is 11.8 Å². The van der Waals surface area contributed by atoms with Gasteiger partial charge in [0.15, 0.2) is 0 Å². The lowest BCUT2D eigenvalue weighted by Gasteiger charge is -2.32. The van der Waals surface area contributed by atoms with E-state index in [1.54, 1.807) is 23.1 Å². The van der Waals surface area contributed by atoms with Crippen LogP contribution in [0, 0.1) is 5.82 Å². The van der Waals surface area contributed by atoms with Crippen LogP contribution in [0.25, 0.3) is 0 Å². The van der Waals surface area contributed by atoms with Gasteiger partial charge in [0.25, 0.3) is 5.91 Å². The zero-order chi connectivity index (χ0) is 12.3. The van der Waals surface area contributed by atoms with Crippen molar-refractivity contribution >= 4 is 17.7 Å². The van der Waals surface area contributed by atoms with E-state index in [2.05, 4.69) is 6.92 Å². The quantitative estimate of drug-likeness (QED) is 0.807. The third-order valence-corrected chi connectivity index (χ3v) is 4.36. The number of nitrogens with zero attached hydrogens (tertiary/aromatic N) is 1. The molecule has 1 aromatic rings. The molecule has 0 spiro atoms. The molecule has 0 radical (unpaired) electrons. The molecule has 0 N–H and O–H groups in total. The highest BCUT2D eigenvalue weighted by molar-refractivity contribution is 8.00. The number of hydrogen-bond acceptors (Lipinski definition) is 2. The van der Waals surface area contributed by atoms with E-state index in [4.69, 9.17) is 0 Å². The van der Waals surface area contributed by atoms with Gasteiger partial charge in [0, 0.05) is 24.1 Å². The van der Waals surface area contributed by atoms with Crippen LogP contribution in [0.1, 0.15) is 23.7 Å². The average Bonchev–Trinajstić information content (AvgIpc) is 2.38. The predicted octanol–water partition coefficient (Wildman–Crippen LogP) is 2.79. The highest BCUT2D eigenvalue weighted by Crippen LogP contribution is 2.22. The third kappa shape index (κ3) is 2.80. The second-order valence-electron chi connectivity index (χ2n) is 4.13. The first-order valence-electron chi connectivity index (χ1n) is 5.87. The summed E-state index contributed by atoms with van der Waals surface area (Å²) in [6, 6.07) is 6.20. The molecule has 1 fully saturated rings. The van der Waals surface area contributed by atoms with Gasteiger partial charge in [0.1, 0.15) is 5.82 Å². The van der Waals surface area contributed by atoms with E-state index in [9.17, 15) is 9.18 Å². The van der Waals surface area contributed by atoms with E-state index in [1.807, 2.05) is 11.8 Å². The minimum absolute atomic E-state index is 0.179. The molecule has 2 nitrogen and oxygen atoms in total. The van der Waals surface area contributed by atoms with Crippen molar-refractivity contribution in [3.05, 3.63) is 35.6 Å². The van der Waals surface area contributed by atoms with Crippen LogP contribution < -0.4 is 0 Å². The Kier molecular flexibility index (Phi) is 4.05. The van der Waals surface area contributed by atoms with Crippen LogP contribution in [0.5, 0.6) is 0 Å². The topological polar surface area (TPSA) is 20.3 Å². The molecular formula is C13H16FNOS. The lowest BCUT2D eigenvalue weighted by molar-refractivity contribution is 0.0756. The number of amides is 1. The molecule has 17 heavy (non-hydrogen) atoms. The molecule has 92 valence electrons. The van der Waals surface area contributed by atoms with Crippen LogP contribution in [0.3, 0.4) is 0 Å². The van der Waals surface area contributed by atoms with Crippen LogP contribution in [0.4, 0.5) is 4.39 Å². The van der Waals surface area contributed by atoms with E-state index >= 15 is 0 Å². The Hall–Kier alpha value is -1.03. The molecule has 4 heteroatoms. The number of benzene rings is 1. The number of carbonyl (C=O) groups is 1. The SMILES string of the molecule is CCC1CN(C(=O)c2ccccc2F)CCS1. The van der Waals surface area contributed by atoms with Crippen LogP contribution in [0.2, 0.25) is 0 Å². The Morgan fingerprint density at radius 2 is 2.29 bits per heavy atom. The van der Waals surface area contributed by atoms with Crippen molar-refractivity contribution < 1.29 is 9.18 Å². The van der Waals surface area contributed by atoms with E-state index in [0.717, 1.165) is 18.7 Å². The van der Waals surface area contributed by atoms with Gasteiger partial charge in [-0.25, -0.2) is 4.39 Å². The summed E-state index contributed by atoms with van der Waals surface area (Å²) in [6.45, 7) is 3.57. The number of thioether (sulfide) groups is 1. The molecule has 1 unspecified atom stereocenters. The Bertz CT molecular complexity index is 410. The van der Waals surface area contributed by atoms with Gasteiger partial charge in [-0.15, -0.1) is 0 Å². The standard InChI is InChI=1S/C13H16FNOS/c1-2-10-9-15(7-8-17-10)13(16)11-5-3-4-6-12(11)14/h3-6,10H,2,7-9H2,1H3. The van der Waals surface area contributed by atoms with Crippen LogP contribution in [-0.2, 0) is 0 Å². The van der Waals surface area contributed by atoms with Crippen molar-refractivity contribution in [1.29, 1.82) is 0 Å². The summed E-state index contributed by atoms with van der Waals surface area (Å²) in [4.78, 5) is 13.9. The number of carbonyl (C=O) groups excluding carboxylic acids is 1. The Labute approximate surface area is 105 Å². The van der Waals surface area contributed by atoms with Crippen molar-refractivity contribution in [3.63, 3.8) is 0 Å². The minimum atomic E-state index is -0.427. The molecule has 0 aromatic heterocycles. The molecular weight excluding hydrogens is 237 g/mol. The first-order chi connectivity index (χ1) is 8.22. The van der Waals surface area contributed by atoms with Crippen molar-refractivity contribution in [2.45, 2.75) is 18.6 Å². The predicted molar refractivity (Wildman–Crippen MR) is 68.8 cm³/mol. The number of halogens is 1. The largest absolute Gasteiger partial charge is 0.337 e. The summed E-state index contributed by atoms with van der Waals surface area (Å²) in [5.41, 5.74) is 0.189. The zero-order valence-electron chi connectivity index (χ0n) is 9.86. The van der Waals surface area contributed by atoms with Crippen molar-refractivity contribution in [2.24, 2.45) is 0 Å². The maximum absolute atomic E-state index is 13.5. The molecule has 0 bridgehead atoms. The fourth-order valence-corrected chi connectivity index (χ4v) is 3.14. The second kappa shape index (κ2) is 5.54. The fourth-order valence-electron chi connectivity index (χ4n) is 1.96. The molecule has 1 aliphatic rings. The maximum Gasteiger partial charge on any atom is 0.256 e. The van der Waals surface area contributed by atoms with Gasteiger partial charge in [-0.3, -0.25) is 4.79 Å². The molecule has 1 aromatic carbocycles. The molecule has 0 saturated carbocycles. The van der Waals surface area contributed by atoms with Crippen molar-refractivity contribution in [2.75, 3.05) is 18.8 Å². The van der Waals surface area contributed by atoms with Crippen LogP contribution in [-0.4, -0.2) is 34.9 Å². The first-order valence-corrected chi connectivity index (χ1v) is 6.92. The number of rotatable bonds is 2.